The summed E-state index contributed by atoms with van der Waals surface area (Å²) in [6.07, 6.45) is 3.39. The van der Waals surface area contributed by atoms with E-state index in [1.54, 1.807) is 11.1 Å². The molecule has 9 heteroatoms. The topological polar surface area (TPSA) is 93.9 Å². The summed E-state index contributed by atoms with van der Waals surface area (Å²) < 4.78 is 0. The standard InChI is InChI=1S/C17H20N6O.2ClH/c18-10-13-4-3-9-23(13)17(24)12-19-7-8-20-16-11-21-14-5-1-2-6-15(14)22-16;;/h1-2,5-6,11,13,19H,3-4,7-9,12H2,(H,20,22);2*1H/t13-;;/m0../s1. The van der Waals surface area contributed by atoms with E-state index in [1.165, 1.54) is 0 Å². The van der Waals surface area contributed by atoms with Gasteiger partial charge in [0.05, 0.1) is 29.8 Å². The minimum Gasteiger partial charge on any atom is -0.367 e. The molecule has 1 aliphatic rings. The number of hydrogen-bond acceptors (Lipinski definition) is 6. The second-order valence-corrected chi connectivity index (χ2v) is 5.72. The monoisotopic (exact) mass is 396 g/mol. The number of nitrogens with zero attached hydrogens (tertiary/aromatic N) is 4. The van der Waals surface area contributed by atoms with E-state index in [0.29, 0.717) is 25.5 Å². The first-order chi connectivity index (χ1) is 11.8. The highest BCUT2D eigenvalue weighted by atomic mass is 35.5. The molecule has 140 valence electrons. The van der Waals surface area contributed by atoms with Crippen molar-refractivity contribution in [2.45, 2.75) is 18.9 Å². The summed E-state index contributed by atoms with van der Waals surface area (Å²) in [5.41, 5.74) is 1.71. The van der Waals surface area contributed by atoms with Gasteiger partial charge in [-0.15, -0.1) is 24.8 Å². The summed E-state index contributed by atoms with van der Waals surface area (Å²) in [6.45, 7) is 2.21. The van der Waals surface area contributed by atoms with Crippen LogP contribution in [0.3, 0.4) is 0 Å². The molecule has 0 saturated carbocycles. The zero-order valence-electron chi connectivity index (χ0n) is 14.2. The molecule has 1 aromatic heterocycles. The van der Waals surface area contributed by atoms with Crippen LogP contribution in [0.1, 0.15) is 12.8 Å². The molecule has 0 spiro atoms. The van der Waals surface area contributed by atoms with E-state index < -0.39 is 0 Å². The van der Waals surface area contributed by atoms with Crippen LogP contribution in [0.15, 0.2) is 30.5 Å². The molecule has 2 heterocycles. The van der Waals surface area contributed by atoms with Crippen molar-refractivity contribution >= 4 is 47.6 Å². The van der Waals surface area contributed by atoms with E-state index in [0.717, 1.165) is 23.9 Å². The number of nitrogens with one attached hydrogen (secondary N) is 2. The van der Waals surface area contributed by atoms with Gasteiger partial charge in [-0.25, -0.2) is 4.98 Å². The highest BCUT2D eigenvalue weighted by Crippen LogP contribution is 2.16. The zero-order chi connectivity index (χ0) is 16.8. The van der Waals surface area contributed by atoms with E-state index in [9.17, 15) is 4.79 Å². The molecule has 1 amide bonds. The number of amides is 1. The van der Waals surface area contributed by atoms with E-state index >= 15 is 0 Å². The molecule has 0 radical (unpaired) electrons. The number of para-hydroxylation sites is 2. The molecule has 0 bridgehead atoms. The first-order valence-electron chi connectivity index (χ1n) is 8.13. The molecule has 0 aliphatic carbocycles. The number of anilines is 1. The van der Waals surface area contributed by atoms with Gasteiger partial charge in [0, 0.05) is 19.6 Å². The minimum atomic E-state index is -0.259. The Morgan fingerprint density at radius 1 is 1.27 bits per heavy atom. The Morgan fingerprint density at radius 2 is 2.04 bits per heavy atom. The zero-order valence-corrected chi connectivity index (χ0v) is 15.9. The Hall–Kier alpha value is -2.14. The fourth-order valence-electron chi connectivity index (χ4n) is 2.82. The molecule has 7 nitrogen and oxygen atoms in total. The van der Waals surface area contributed by atoms with Crippen molar-refractivity contribution in [2.75, 3.05) is 31.5 Å². The second kappa shape index (κ2) is 10.8. The third-order valence-electron chi connectivity index (χ3n) is 4.05. The summed E-state index contributed by atoms with van der Waals surface area (Å²) in [5, 5.41) is 15.3. The molecule has 1 saturated heterocycles. The number of benzene rings is 1. The number of likely N-dealkylation sites (tertiary alicyclic amines) is 1. The highest BCUT2D eigenvalue weighted by Gasteiger charge is 2.27. The number of carbonyl (C=O) groups is 1. The van der Waals surface area contributed by atoms with Gasteiger partial charge in [-0.2, -0.15) is 5.26 Å². The number of nitriles is 1. The summed E-state index contributed by atoms with van der Waals surface area (Å²) >= 11 is 0. The predicted octanol–water partition coefficient (Wildman–Crippen LogP) is 1.99. The fraction of sp³-hybridized carbons (Fsp3) is 0.412. The number of halogens is 2. The lowest BCUT2D eigenvalue weighted by molar-refractivity contribution is -0.130. The number of aromatic nitrogens is 2. The third kappa shape index (κ3) is 5.43. The van der Waals surface area contributed by atoms with Gasteiger partial charge in [-0.3, -0.25) is 9.78 Å². The summed E-state index contributed by atoms with van der Waals surface area (Å²) in [4.78, 5) is 22.5. The molecule has 1 aromatic carbocycles. The van der Waals surface area contributed by atoms with Gasteiger partial charge in [0.25, 0.3) is 0 Å². The fourth-order valence-corrected chi connectivity index (χ4v) is 2.82. The largest absolute Gasteiger partial charge is 0.367 e. The lowest BCUT2D eigenvalue weighted by Gasteiger charge is -2.19. The molecule has 2 N–H and O–H groups in total. The molecule has 26 heavy (non-hydrogen) atoms. The highest BCUT2D eigenvalue weighted by molar-refractivity contribution is 5.85. The average Bonchev–Trinajstić information content (AvgIpc) is 3.10. The van der Waals surface area contributed by atoms with Crippen LogP contribution < -0.4 is 10.6 Å². The van der Waals surface area contributed by atoms with E-state index in [1.807, 2.05) is 24.3 Å². The SMILES string of the molecule is Cl.Cl.N#C[C@@H]1CCCN1C(=O)CNCCNc1cnc2ccccc2n1. The Kier molecular flexibility index (Phi) is 9.07. The Labute approximate surface area is 165 Å². The molecule has 3 rings (SSSR count). The molecule has 1 aliphatic heterocycles. The van der Waals surface area contributed by atoms with Crippen molar-refractivity contribution < 1.29 is 4.79 Å². The maximum atomic E-state index is 12.1. The van der Waals surface area contributed by atoms with E-state index in [2.05, 4.69) is 26.7 Å². The lowest BCUT2D eigenvalue weighted by atomic mass is 10.2. The Morgan fingerprint density at radius 3 is 2.81 bits per heavy atom. The molecule has 2 aromatic rings. The molecule has 0 unspecified atom stereocenters. The third-order valence-corrected chi connectivity index (χ3v) is 4.05. The average molecular weight is 397 g/mol. The van der Waals surface area contributed by atoms with E-state index in [-0.39, 0.29) is 43.3 Å². The van der Waals surface area contributed by atoms with Gasteiger partial charge >= 0.3 is 0 Å². The van der Waals surface area contributed by atoms with Crippen molar-refractivity contribution in [3.05, 3.63) is 30.5 Å². The summed E-state index contributed by atoms with van der Waals surface area (Å²) in [6, 6.07) is 9.63. The number of rotatable bonds is 6. The van der Waals surface area contributed by atoms with Crippen molar-refractivity contribution in [1.82, 2.24) is 20.2 Å². The molecule has 1 fully saturated rings. The van der Waals surface area contributed by atoms with Crippen LogP contribution in [-0.4, -0.2) is 53.0 Å². The van der Waals surface area contributed by atoms with Crippen molar-refractivity contribution in [3.8, 4) is 6.07 Å². The smallest absolute Gasteiger partial charge is 0.237 e. The first-order valence-corrected chi connectivity index (χ1v) is 8.13. The van der Waals surface area contributed by atoms with Crippen LogP contribution in [0.4, 0.5) is 5.82 Å². The quantitative estimate of drug-likeness (QED) is 0.725. The van der Waals surface area contributed by atoms with Gasteiger partial charge in [-0.1, -0.05) is 12.1 Å². The van der Waals surface area contributed by atoms with Gasteiger partial charge in [0.15, 0.2) is 0 Å². The Bertz CT molecular complexity index is 766. The van der Waals surface area contributed by atoms with Crippen molar-refractivity contribution in [3.63, 3.8) is 0 Å². The van der Waals surface area contributed by atoms with Crippen LogP contribution in [0.2, 0.25) is 0 Å². The predicted molar refractivity (Wildman–Crippen MR) is 106 cm³/mol. The van der Waals surface area contributed by atoms with Crippen molar-refractivity contribution in [2.24, 2.45) is 0 Å². The number of carbonyl (C=O) groups excluding carboxylic acids is 1. The van der Waals surface area contributed by atoms with Gasteiger partial charge in [-0.05, 0) is 25.0 Å². The van der Waals surface area contributed by atoms with Crippen LogP contribution in [0.25, 0.3) is 11.0 Å². The van der Waals surface area contributed by atoms with Crippen LogP contribution >= 0.6 is 24.8 Å². The first kappa shape index (κ1) is 21.9. The van der Waals surface area contributed by atoms with Crippen LogP contribution in [-0.2, 0) is 4.79 Å². The summed E-state index contributed by atoms with van der Waals surface area (Å²) in [5.74, 6) is 0.704. The minimum absolute atomic E-state index is 0. The molecular formula is C17H22Cl2N6O. The second-order valence-electron chi connectivity index (χ2n) is 5.72. The summed E-state index contributed by atoms with van der Waals surface area (Å²) in [7, 11) is 0. The maximum Gasteiger partial charge on any atom is 0.237 e. The van der Waals surface area contributed by atoms with Crippen LogP contribution in [0.5, 0.6) is 0 Å². The lowest BCUT2D eigenvalue weighted by Crippen LogP contribution is -2.41. The van der Waals surface area contributed by atoms with Crippen molar-refractivity contribution in [1.29, 1.82) is 5.26 Å². The Balaban J connectivity index is 0.00000169. The van der Waals surface area contributed by atoms with Gasteiger partial charge in [0.1, 0.15) is 11.9 Å². The normalized spacial score (nSPS) is 15.7. The van der Waals surface area contributed by atoms with Gasteiger partial charge in [0.2, 0.25) is 5.91 Å². The maximum absolute atomic E-state index is 12.1. The molecular weight excluding hydrogens is 375 g/mol. The number of fused-ring (bicyclic) bond motifs is 1. The number of hydrogen-bond donors (Lipinski definition) is 2. The van der Waals surface area contributed by atoms with Crippen LogP contribution in [0, 0.1) is 11.3 Å². The van der Waals surface area contributed by atoms with Gasteiger partial charge < -0.3 is 15.5 Å². The molecule has 1 atom stereocenters. The van der Waals surface area contributed by atoms with E-state index in [4.69, 9.17) is 5.26 Å².